The molecule has 0 aliphatic heterocycles. The molecule has 2 aromatic carbocycles. The van der Waals surface area contributed by atoms with E-state index in [4.69, 9.17) is 0 Å². The molecule has 0 saturated carbocycles. The monoisotopic (exact) mass is 296 g/mol. The molecule has 0 N–H and O–H groups in total. The first-order valence-electron chi connectivity index (χ1n) is 5.88. The summed E-state index contributed by atoms with van der Waals surface area (Å²) in [7, 11) is 0. The lowest BCUT2D eigenvalue weighted by molar-refractivity contribution is -0.116. The quantitative estimate of drug-likeness (QED) is 0.776. The zero-order chi connectivity index (χ0) is 14.5. The Morgan fingerprint density at radius 2 is 1.65 bits per heavy atom. The van der Waals surface area contributed by atoms with E-state index in [1.807, 2.05) is 0 Å². The highest BCUT2D eigenvalue weighted by Gasteiger charge is 2.08. The predicted octanol–water partition coefficient (Wildman–Crippen LogP) is 4.01. The number of carbonyl (C=O) groups is 1. The van der Waals surface area contributed by atoms with Crippen LogP contribution in [0.1, 0.15) is 5.56 Å². The third-order valence-corrected chi connectivity index (χ3v) is 3.67. The highest BCUT2D eigenvalue weighted by molar-refractivity contribution is 8.00. The molecule has 2 aromatic rings. The first-order valence-corrected chi connectivity index (χ1v) is 6.87. The summed E-state index contributed by atoms with van der Waals surface area (Å²) in [6.45, 7) is 0. The van der Waals surface area contributed by atoms with E-state index in [2.05, 4.69) is 0 Å². The van der Waals surface area contributed by atoms with Crippen molar-refractivity contribution in [3.05, 3.63) is 65.5 Å². The van der Waals surface area contributed by atoms with Gasteiger partial charge in [-0.25, -0.2) is 13.2 Å². The maximum Gasteiger partial charge on any atom is 0.159 e. The van der Waals surface area contributed by atoms with Gasteiger partial charge in [0, 0.05) is 11.3 Å². The minimum absolute atomic E-state index is 0.0470. The van der Waals surface area contributed by atoms with Crippen LogP contribution in [0, 0.1) is 17.5 Å². The van der Waals surface area contributed by atoms with Crippen LogP contribution in [0.2, 0.25) is 0 Å². The molecule has 2 rings (SSSR count). The maximum atomic E-state index is 13.0. The fourth-order valence-corrected chi connectivity index (χ4v) is 2.38. The second kappa shape index (κ2) is 6.61. The topological polar surface area (TPSA) is 17.1 Å². The van der Waals surface area contributed by atoms with Gasteiger partial charge in [-0.2, -0.15) is 0 Å². The van der Waals surface area contributed by atoms with Crippen molar-refractivity contribution in [1.82, 2.24) is 0 Å². The lowest BCUT2D eigenvalue weighted by Crippen LogP contribution is -2.06. The van der Waals surface area contributed by atoms with Crippen molar-refractivity contribution in [3.8, 4) is 0 Å². The molecule has 1 nitrogen and oxygen atoms in total. The van der Waals surface area contributed by atoms with Crippen LogP contribution in [-0.4, -0.2) is 11.5 Å². The van der Waals surface area contributed by atoms with Crippen molar-refractivity contribution in [2.24, 2.45) is 0 Å². The van der Waals surface area contributed by atoms with Crippen LogP contribution >= 0.6 is 11.8 Å². The fourth-order valence-electron chi connectivity index (χ4n) is 1.62. The van der Waals surface area contributed by atoms with Crippen LogP contribution in [0.15, 0.2) is 47.4 Å². The van der Waals surface area contributed by atoms with Crippen LogP contribution in [-0.2, 0) is 11.2 Å². The molecule has 0 heterocycles. The molecule has 0 spiro atoms. The highest BCUT2D eigenvalue weighted by Crippen LogP contribution is 2.19. The normalized spacial score (nSPS) is 10.6. The molecule has 0 atom stereocenters. The zero-order valence-electron chi connectivity index (χ0n) is 10.4. The van der Waals surface area contributed by atoms with Crippen molar-refractivity contribution < 1.29 is 18.0 Å². The van der Waals surface area contributed by atoms with E-state index in [0.29, 0.717) is 5.56 Å². The van der Waals surface area contributed by atoms with Crippen LogP contribution in [0.25, 0.3) is 0 Å². The first kappa shape index (κ1) is 14.7. The van der Waals surface area contributed by atoms with E-state index in [9.17, 15) is 18.0 Å². The molecular weight excluding hydrogens is 285 g/mol. The number of thioether (sulfide) groups is 1. The average Bonchev–Trinajstić information content (AvgIpc) is 2.42. The van der Waals surface area contributed by atoms with Crippen molar-refractivity contribution in [3.63, 3.8) is 0 Å². The summed E-state index contributed by atoms with van der Waals surface area (Å²) in [6, 6.07) is 9.24. The third-order valence-electron chi connectivity index (χ3n) is 2.60. The fraction of sp³-hybridized carbons (Fsp3) is 0.133. The molecule has 104 valence electrons. The molecular formula is C15H11F3OS. The smallest absolute Gasteiger partial charge is 0.159 e. The molecule has 0 aliphatic rings. The van der Waals surface area contributed by atoms with Crippen LogP contribution in [0.4, 0.5) is 13.2 Å². The number of ketones is 1. The Hall–Kier alpha value is -1.75. The molecule has 0 amide bonds. The Morgan fingerprint density at radius 1 is 0.950 bits per heavy atom. The minimum atomic E-state index is -0.957. The second-order valence-electron chi connectivity index (χ2n) is 4.21. The number of Topliss-reactive ketones (excluding diaryl/α,β-unsaturated/α-hetero) is 1. The van der Waals surface area contributed by atoms with Gasteiger partial charge < -0.3 is 0 Å². The highest BCUT2D eigenvalue weighted by atomic mass is 32.2. The van der Waals surface area contributed by atoms with Gasteiger partial charge in [0.2, 0.25) is 0 Å². The summed E-state index contributed by atoms with van der Waals surface area (Å²) >= 11 is 1.28. The average molecular weight is 296 g/mol. The molecule has 5 heteroatoms. The van der Waals surface area contributed by atoms with Gasteiger partial charge in [0.05, 0.1) is 5.75 Å². The SMILES string of the molecule is O=C(CSc1ccc(F)cc1)Cc1ccc(F)c(F)c1. The minimum Gasteiger partial charge on any atom is -0.298 e. The molecule has 0 bridgehead atoms. The molecule has 20 heavy (non-hydrogen) atoms. The van der Waals surface area contributed by atoms with E-state index in [-0.39, 0.29) is 23.8 Å². The summed E-state index contributed by atoms with van der Waals surface area (Å²) in [4.78, 5) is 12.5. The number of halogens is 3. The summed E-state index contributed by atoms with van der Waals surface area (Å²) in [5, 5.41) is 0. The maximum absolute atomic E-state index is 13.0. The largest absolute Gasteiger partial charge is 0.298 e. The van der Waals surface area contributed by atoms with E-state index >= 15 is 0 Å². The summed E-state index contributed by atoms with van der Waals surface area (Å²) in [6.07, 6.45) is 0.0470. The van der Waals surface area contributed by atoms with Gasteiger partial charge in [0.25, 0.3) is 0 Å². The van der Waals surface area contributed by atoms with Crippen LogP contribution in [0.5, 0.6) is 0 Å². The van der Waals surface area contributed by atoms with Gasteiger partial charge in [-0.1, -0.05) is 6.07 Å². The van der Waals surface area contributed by atoms with Gasteiger partial charge >= 0.3 is 0 Å². The van der Waals surface area contributed by atoms with Crippen molar-refractivity contribution in [1.29, 1.82) is 0 Å². The molecule has 0 fully saturated rings. The Bertz CT molecular complexity index is 611. The lowest BCUT2D eigenvalue weighted by atomic mass is 10.1. The van der Waals surface area contributed by atoms with Crippen molar-refractivity contribution >= 4 is 17.5 Å². The molecule has 0 aliphatic carbocycles. The van der Waals surface area contributed by atoms with Crippen LogP contribution in [0.3, 0.4) is 0 Å². The lowest BCUT2D eigenvalue weighted by Gasteiger charge is -2.03. The number of rotatable bonds is 5. The number of carbonyl (C=O) groups excluding carboxylic acids is 1. The second-order valence-corrected chi connectivity index (χ2v) is 5.26. The van der Waals surface area contributed by atoms with E-state index in [1.54, 1.807) is 12.1 Å². The molecule has 0 aromatic heterocycles. The van der Waals surface area contributed by atoms with Crippen molar-refractivity contribution in [2.75, 3.05) is 5.75 Å². The molecule has 0 radical (unpaired) electrons. The Kier molecular flexibility index (Phi) is 4.84. The predicted molar refractivity (Wildman–Crippen MR) is 72.2 cm³/mol. The van der Waals surface area contributed by atoms with E-state index in [0.717, 1.165) is 17.0 Å². The van der Waals surface area contributed by atoms with Gasteiger partial charge in [-0.15, -0.1) is 11.8 Å². The van der Waals surface area contributed by atoms with Crippen molar-refractivity contribution in [2.45, 2.75) is 11.3 Å². The summed E-state index contributed by atoms with van der Waals surface area (Å²) < 4.78 is 38.4. The van der Waals surface area contributed by atoms with Gasteiger partial charge in [0.1, 0.15) is 11.6 Å². The zero-order valence-corrected chi connectivity index (χ0v) is 11.2. The van der Waals surface area contributed by atoms with Crippen LogP contribution < -0.4 is 0 Å². The van der Waals surface area contributed by atoms with Gasteiger partial charge in [0.15, 0.2) is 11.6 Å². The summed E-state index contributed by atoms with van der Waals surface area (Å²) in [5.74, 6) is -2.12. The Labute approximate surface area is 118 Å². The van der Waals surface area contributed by atoms with Gasteiger partial charge in [-0.3, -0.25) is 4.79 Å². The summed E-state index contributed by atoms with van der Waals surface area (Å²) in [5.41, 5.74) is 0.439. The van der Waals surface area contributed by atoms with E-state index < -0.39 is 11.6 Å². The standard InChI is InChI=1S/C15H11F3OS/c16-11-2-4-13(5-3-11)20-9-12(19)7-10-1-6-14(17)15(18)8-10/h1-6,8H,7,9H2. The molecule has 0 saturated heterocycles. The Morgan fingerprint density at radius 3 is 2.30 bits per heavy atom. The Balaban J connectivity index is 1.89. The van der Waals surface area contributed by atoms with Gasteiger partial charge in [-0.05, 0) is 42.0 Å². The number of hydrogen-bond donors (Lipinski definition) is 0. The van der Waals surface area contributed by atoms with E-state index in [1.165, 1.54) is 30.0 Å². The first-order chi connectivity index (χ1) is 9.54. The molecule has 0 unspecified atom stereocenters. The number of hydrogen-bond acceptors (Lipinski definition) is 2. The third kappa shape index (κ3) is 4.13. The number of benzene rings is 2.